The van der Waals surface area contributed by atoms with Crippen molar-refractivity contribution in [3.63, 3.8) is 0 Å². The summed E-state index contributed by atoms with van der Waals surface area (Å²) in [7, 11) is 0.155. The van der Waals surface area contributed by atoms with Gasteiger partial charge in [0.25, 0.3) is 0 Å². The largest absolute Gasteiger partial charge is 0.383 e. The summed E-state index contributed by atoms with van der Waals surface area (Å²) in [5.41, 5.74) is 0. The summed E-state index contributed by atoms with van der Waals surface area (Å²) in [5, 5.41) is 2.87. The smallest absolute Gasteiger partial charge is 0.215 e. The molecule has 0 aromatic heterocycles. The maximum absolute atomic E-state index is 12.2. The van der Waals surface area contributed by atoms with Gasteiger partial charge in [0, 0.05) is 26.2 Å². The predicted octanol–water partition coefficient (Wildman–Crippen LogP) is 0.673. The van der Waals surface area contributed by atoms with E-state index in [2.05, 4.69) is 5.32 Å². The van der Waals surface area contributed by atoms with Crippen LogP contribution in [-0.4, -0.2) is 58.4 Å². The Kier molecular flexibility index (Phi) is 8.77. The van der Waals surface area contributed by atoms with Crippen LogP contribution in [0, 0.1) is 0 Å². The number of ether oxygens (including phenoxy) is 1. The van der Waals surface area contributed by atoms with Crippen molar-refractivity contribution in [1.29, 1.82) is 0 Å². The fraction of sp³-hybridized carbons (Fsp3) is 1.00. The molecule has 0 unspecified atom stereocenters. The van der Waals surface area contributed by atoms with Gasteiger partial charge in [0.15, 0.2) is 0 Å². The average Bonchev–Trinajstić information content (AvgIpc) is 2.31. The van der Waals surface area contributed by atoms with Crippen molar-refractivity contribution in [2.75, 3.05) is 39.6 Å². The molecule has 0 saturated carbocycles. The number of nitrogens with zero attached hydrogens (tertiary/aromatic N) is 1. The molecule has 0 bridgehead atoms. The van der Waals surface area contributed by atoms with E-state index in [1.165, 1.54) is 0 Å². The van der Waals surface area contributed by atoms with Gasteiger partial charge in [0.05, 0.1) is 12.4 Å². The molecule has 0 amide bonds. The molecular weight excluding hydrogens is 240 g/mol. The third-order valence-corrected chi connectivity index (χ3v) is 4.75. The lowest BCUT2D eigenvalue weighted by Gasteiger charge is -2.29. The highest BCUT2D eigenvalue weighted by molar-refractivity contribution is 7.89. The Balaban J connectivity index is 4.75. The lowest BCUT2D eigenvalue weighted by Crippen LogP contribution is -2.44. The highest BCUT2D eigenvalue weighted by atomic mass is 32.2. The number of hydrogen-bond acceptors (Lipinski definition) is 4. The Morgan fingerprint density at radius 1 is 1.29 bits per heavy atom. The van der Waals surface area contributed by atoms with Gasteiger partial charge in [-0.1, -0.05) is 13.8 Å². The molecule has 5 nitrogen and oxygen atoms in total. The van der Waals surface area contributed by atoms with Crippen LogP contribution in [0.1, 0.15) is 26.7 Å². The number of rotatable bonds is 10. The van der Waals surface area contributed by atoms with Gasteiger partial charge in [-0.2, -0.15) is 4.31 Å². The second-order valence-electron chi connectivity index (χ2n) is 3.99. The molecule has 0 saturated heterocycles. The zero-order valence-electron chi connectivity index (χ0n) is 11.4. The summed E-state index contributed by atoms with van der Waals surface area (Å²) in [4.78, 5) is 0. The average molecular weight is 266 g/mol. The number of methoxy groups -OCH3 is 1. The van der Waals surface area contributed by atoms with Crippen molar-refractivity contribution in [2.24, 2.45) is 0 Å². The van der Waals surface area contributed by atoms with Crippen LogP contribution < -0.4 is 5.32 Å². The third kappa shape index (κ3) is 5.81. The van der Waals surface area contributed by atoms with Gasteiger partial charge in [-0.05, 0) is 19.9 Å². The maximum Gasteiger partial charge on any atom is 0.215 e. The SMILES string of the molecule is CCC(CC)N(CCOC)S(=O)(=O)CCNC. The van der Waals surface area contributed by atoms with Crippen LogP contribution in [0.3, 0.4) is 0 Å². The van der Waals surface area contributed by atoms with Crippen molar-refractivity contribution in [3.05, 3.63) is 0 Å². The van der Waals surface area contributed by atoms with Gasteiger partial charge in [-0.15, -0.1) is 0 Å². The van der Waals surface area contributed by atoms with Crippen molar-refractivity contribution >= 4 is 10.0 Å². The fourth-order valence-electron chi connectivity index (χ4n) is 1.77. The molecule has 0 aliphatic rings. The number of hydrogen-bond donors (Lipinski definition) is 1. The first-order valence-corrected chi connectivity index (χ1v) is 7.77. The topological polar surface area (TPSA) is 58.6 Å². The van der Waals surface area contributed by atoms with Crippen molar-refractivity contribution in [2.45, 2.75) is 32.7 Å². The van der Waals surface area contributed by atoms with Gasteiger partial charge in [-0.25, -0.2) is 8.42 Å². The van der Waals surface area contributed by atoms with Gasteiger partial charge < -0.3 is 10.1 Å². The standard InChI is InChI=1S/C11H26N2O3S/c1-5-11(6-2)13(8-9-16-4)17(14,15)10-7-12-3/h11-12H,5-10H2,1-4H3. The zero-order valence-corrected chi connectivity index (χ0v) is 12.2. The normalized spacial score (nSPS) is 12.6. The highest BCUT2D eigenvalue weighted by Gasteiger charge is 2.26. The van der Waals surface area contributed by atoms with Gasteiger partial charge in [0.2, 0.25) is 10.0 Å². The van der Waals surface area contributed by atoms with Crippen LogP contribution in [0.2, 0.25) is 0 Å². The Labute approximate surface area is 106 Å². The zero-order chi connectivity index (χ0) is 13.3. The fourth-order valence-corrected chi connectivity index (χ4v) is 3.58. The second-order valence-corrected chi connectivity index (χ2v) is 6.03. The minimum atomic E-state index is -3.19. The first-order valence-electron chi connectivity index (χ1n) is 6.16. The summed E-state index contributed by atoms with van der Waals surface area (Å²) in [6.45, 7) is 5.39. The molecule has 0 aliphatic heterocycles. The van der Waals surface area contributed by atoms with E-state index in [9.17, 15) is 8.42 Å². The molecule has 0 aliphatic carbocycles. The minimum absolute atomic E-state index is 0.0759. The Hall–Kier alpha value is -0.170. The highest BCUT2D eigenvalue weighted by Crippen LogP contribution is 2.13. The molecule has 0 aromatic carbocycles. The van der Waals surface area contributed by atoms with E-state index in [1.807, 2.05) is 13.8 Å². The minimum Gasteiger partial charge on any atom is -0.383 e. The van der Waals surface area contributed by atoms with Crippen molar-refractivity contribution in [3.8, 4) is 0 Å². The summed E-state index contributed by atoms with van der Waals surface area (Å²) in [6.07, 6.45) is 1.66. The van der Waals surface area contributed by atoms with E-state index >= 15 is 0 Å². The van der Waals surface area contributed by atoms with E-state index in [0.29, 0.717) is 19.7 Å². The van der Waals surface area contributed by atoms with Gasteiger partial charge in [0.1, 0.15) is 0 Å². The summed E-state index contributed by atoms with van der Waals surface area (Å²) < 4.78 is 31.0. The molecule has 17 heavy (non-hydrogen) atoms. The summed E-state index contributed by atoms with van der Waals surface area (Å²) in [6, 6.07) is 0.0759. The molecule has 0 aromatic rings. The molecule has 0 spiro atoms. The van der Waals surface area contributed by atoms with E-state index in [4.69, 9.17) is 4.74 Å². The van der Waals surface area contributed by atoms with Crippen molar-refractivity contribution in [1.82, 2.24) is 9.62 Å². The molecule has 6 heteroatoms. The summed E-state index contributed by atoms with van der Waals surface area (Å²) >= 11 is 0. The van der Waals surface area contributed by atoms with Gasteiger partial charge in [-0.3, -0.25) is 0 Å². The molecule has 0 radical (unpaired) electrons. The molecular formula is C11H26N2O3S. The number of sulfonamides is 1. The van der Waals surface area contributed by atoms with Crippen LogP contribution in [-0.2, 0) is 14.8 Å². The number of nitrogens with one attached hydrogen (secondary N) is 1. The van der Waals surface area contributed by atoms with Crippen molar-refractivity contribution < 1.29 is 13.2 Å². The van der Waals surface area contributed by atoms with E-state index in [1.54, 1.807) is 18.5 Å². The Morgan fingerprint density at radius 2 is 1.88 bits per heavy atom. The maximum atomic E-state index is 12.2. The first kappa shape index (κ1) is 16.8. The Bertz CT molecular complexity index is 276. The van der Waals surface area contributed by atoms with Crippen LogP contribution in [0.15, 0.2) is 0 Å². The van der Waals surface area contributed by atoms with E-state index in [0.717, 1.165) is 12.8 Å². The lowest BCUT2D eigenvalue weighted by atomic mass is 10.2. The third-order valence-electron chi connectivity index (χ3n) is 2.83. The molecule has 0 heterocycles. The quantitative estimate of drug-likeness (QED) is 0.631. The van der Waals surface area contributed by atoms with Crippen LogP contribution in [0.25, 0.3) is 0 Å². The monoisotopic (exact) mass is 266 g/mol. The molecule has 0 rings (SSSR count). The van der Waals surface area contributed by atoms with E-state index < -0.39 is 10.0 Å². The van der Waals surface area contributed by atoms with Crippen LogP contribution in [0.5, 0.6) is 0 Å². The molecule has 104 valence electrons. The van der Waals surface area contributed by atoms with E-state index in [-0.39, 0.29) is 11.8 Å². The predicted molar refractivity (Wildman–Crippen MR) is 70.7 cm³/mol. The van der Waals surface area contributed by atoms with Crippen LogP contribution >= 0.6 is 0 Å². The molecule has 0 atom stereocenters. The summed E-state index contributed by atoms with van der Waals surface area (Å²) in [5.74, 6) is 0.143. The molecule has 1 N–H and O–H groups in total. The molecule has 0 fully saturated rings. The Morgan fingerprint density at radius 3 is 2.29 bits per heavy atom. The first-order chi connectivity index (χ1) is 8.03. The second kappa shape index (κ2) is 8.85. The van der Waals surface area contributed by atoms with Gasteiger partial charge >= 0.3 is 0 Å². The lowest BCUT2D eigenvalue weighted by molar-refractivity contribution is 0.163. The van der Waals surface area contributed by atoms with Crippen LogP contribution in [0.4, 0.5) is 0 Å².